The third-order valence-corrected chi connectivity index (χ3v) is 14.0. The fourth-order valence-electron chi connectivity index (χ4n) is 8.44. The number of aromatic nitrogens is 3. The maximum absolute atomic E-state index is 15.6. The smallest absolute Gasteiger partial charge is 0.301 e. The van der Waals surface area contributed by atoms with Crippen molar-refractivity contribution >= 4 is 50.3 Å². The number of rotatable bonds is 14. The van der Waals surface area contributed by atoms with Gasteiger partial charge in [0.1, 0.15) is 29.3 Å². The standard InChI is InChI=1S/C45H51F2N9O7S/c1-3-54(2)64(61,62)53-36-10-9-35(46)41(42(36)47)43(59)34-25-51-44-33(34)22-30(24-50-44)29-6-12-38(49-23-29)55-20-16-31(17-21-55)48-26-40(58)56-18-14-28(15-19-56)27-4-7-32(8-5-27)63-37-11-13-39(57)52-45(37)60/h4-10,12,22-25,28,31,37,39,48,53,57H,3,11,13-21,26H2,1-2H3,(H,50,51)(H,52,60). The molecule has 0 aliphatic carbocycles. The Morgan fingerprint density at radius 2 is 1.67 bits per heavy atom. The molecule has 5 aromatic rings. The molecule has 19 heteroatoms. The van der Waals surface area contributed by atoms with E-state index in [0.29, 0.717) is 59.8 Å². The second-order valence-corrected chi connectivity index (χ2v) is 18.2. The molecule has 3 aliphatic heterocycles. The third-order valence-electron chi connectivity index (χ3n) is 12.4. The Morgan fingerprint density at radius 1 is 0.938 bits per heavy atom. The molecule has 2 unspecified atom stereocenters. The summed E-state index contributed by atoms with van der Waals surface area (Å²) in [4.78, 5) is 55.1. The highest BCUT2D eigenvalue weighted by molar-refractivity contribution is 7.90. The van der Waals surface area contributed by atoms with Gasteiger partial charge in [-0.05, 0) is 92.5 Å². The van der Waals surface area contributed by atoms with Crippen LogP contribution in [0.1, 0.15) is 72.9 Å². The van der Waals surface area contributed by atoms with Gasteiger partial charge in [0, 0.05) is 86.5 Å². The summed E-state index contributed by atoms with van der Waals surface area (Å²) in [5.74, 6) is -1.94. The number of anilines is 2. The zero-order valence-electron chi connectivity index (χ0n) is 35.5. The molecule has 8 rings (SSSR count). The first-order chi connectivity index (χ1) is 30.8. The maximum Gasteiger partial charge on any atom is 0.301 e. The number of fused-ring (bicyclic) bond motifs is 1. The highest BCUT2D eigenvalue weighted by Gasteiger charge is 2.30. The Bertz CT molecular complexity index is 2620. The Hall–Kier alpha value is -6.02. The minimum atomic E-state index is -4.14. The molecule has 16 nitrogen and oxygen atoms in total. The van der Waals surface area contributed by atoms with Crippen LogP contribution in [-0.4, -0.2) is 120 Å². The number of amides is 2. The molecule has 2 amide bonds. The molecule has 3 aromatic heterocycles. The lowest BCUT2D eigenvalue weighted by Crippen LogP contribution is -2.48. The lowest BCUT2D eigenvalue weighted by molar-refractivity contribution is -0.135. The number of ketones is 1. The van der Waals surface area contributed by atoms with Gasteiger partial charge in [-0.15, -0.1) is 0 Å². The number of nitrogens with zero attached hydrogens (tertiary/aromatic N) is 5. The van der Waals surface area contributed by atoms with E-state index in [4.69, 9.17) is 9.72 Å². The fraction of sp³-hybridized carbons (Fsp3) is 0.400. The summed E-state index contributed by atoms with van der Waals surface area (Å²) in [7, 11) is -2.84. The minimum Gasteiger partial charge on any atom is -0.481 e. The van der Waals surface area contributed by atoms with Gasteiger partial charge in [0.25, 0.3) is 5.91 Å². The molecule has 2 atom stereocenters. The summed E-state index contributed by atoms with van der Waals surface area (Å²) in [6, 6.07) is 15.3. The number of aromatic amines is 1. The zero-order chi connectivity index (χ0) is 45.1. The van der Waals surface area contributed by atoms with Crippen molar-refractivity contribution in [2.45, 2.75) is 69.7 Å². The van der Waals surface area contributed by atoms with E-state index in [9.17, 15) is 27.9 Å². The summed E-state index contributed by atoms with van der Waals surface area (Å²) < 4.78 is 64.6. The number of H-pyrrole nitrogens is 1. The molecule has 338 valence electrons. The van der Waals surface area contributed by atoms with Gasteiger partial charge in [-0.3, -0.25) is 19.1 Å². The second-order valence-electron chi connectivity index (χ2n) is 16.4. The lowest BCUT2D eigenvalue weighted by Gasteiger charge is -2.35. The SMILES string of the molecule is CCN(C)S(=O)(=O)Nc1ccc(F)c(C(=O)c2c[nH]c3ncc(-c4ccc(N5CCC(NCC(=O)N6CCC(c7ccc(OC8CCC(O)NC8=O)cc7)CC6)CC5)nc4)cc23)c1F. The predicted molar refractivity (Wildman–Crippen MR) is 236 cm³/mol. The van der Waals surface area contributed by atoms with Crippen LogP contribution in [0, 0.1) is 11.6 Å². The number of piperidine rings is 3. The van der Waals surface area contributed by atoms with Gasteiger partial charge in [-0.1, -0.05) is 19.1 Å². The molecule has 0 bridgehead atoms. The van der Waals surface area contributed by atoms with E-state index < -0.39 is 51.2 Å². The molecule has 3 saturated heterocycles. The molecular formula is C45H51F2N9O7S. The molecule has 5 N–H and O–H groups in total. The largest absolute Gasteiger partial charge is 0.481 e. The Balaban J connectivity index is 0.812. The summed E-state index contributed by atoms with van der Waals surface area (Å²) in [6.07, 6.45) is 7.50. The molecule has 6 heterocycles. The monoisotopic (exact) mass is 899 g/mol. The summed E-state index contributed by atoms with van der Waals surface area (Å²) in [5.41, 5.74) is 1.34. The first-order valence-corrected chi connectivity index (χ1v) is 22.9. The van der Waals surface area contributed by atoms with Crippen molar-refractivity contribution in [1.29, 1.82) is 0 Å². The summed E-state index contributed by atoms with van der Waals surface area (Å²) in [5, 5.41) is 15.9. The van der Waals surface area contributed by atoms with E-state index in [0.717, 1.165) is 61.0 Å². The topological polar surface area (TPSA) is 202 Å². The van der Waals surface area contributed by atoms with Gasteiger partial charge in [0.2, 0.25) is 11.7 Å². The minimum absolute atomic E-state index is 0.0395. The van der Waals surface area contributed by atoms with Crippen molar-refractivity contribution in [3.05, 3.63) is 102 Å². The van der Waals surface area contributed by atoms with Gasteiger partial charge in [0.05, 0.1) is 17.8 Å². The van der Waals surface area contributed by atoms with Crippen LogP contribution in [0.4, 0.5) is 20.3 Å². The third kappa shape index (κ3) is 9.71. The van der Waals surface area contributed by atoms with E-state index in [1.54, 1.807) is 25.4 Å². The van der Waals surface area contributed by atoms with Crippen molar-refractivity contribution in [2.75, 3.05) is 55.9 Å². The maximum atomic E-state index is 15.6. The fourth-order valence-corrected chi connectivity index (χ4v) is 9.37. The number of carbonyl (C=O) groups excluding carboxylic acids is 3. The molecule has 0 spiro atoms. The van der Waals surface area contributed by atoms with Crippen LogP contribution in [0.15, 0.2) is 73.2 Å². The van der Waals surface area contributed by atoms with Crippen LogP contribution >= 0.6 is 0 Å². The van der Waals surface area contributed by atoms with Crippen molar-refractivity contribution < 1.29 is 41.4 Å². The van der Waals surface area contributed by atoms with E-state index in [2.05, 4.69) is 30.2 Å². The van der Waals surface area contributed by atoms with Crippen LogP contribution in [-0.2, 0) is 19.8 Å². The van der Waals surface area contributed by atoms with E-state index in [1.165, 1.54) is 18.8 Å². The molecule has 3 aliphatic rings. The molecule has 0 radical (unpaired) electrons. The van der Waals surface area contributed by atoms with Gasteiger partial charge < -0.3 is 35.3 Å². The first kappa shape index (κ1) is 44.6. The number of likely N-dealkylation sites (tertiary alicyclic amines) is 1. The molecule has 2 aromatic carbocycles. The van der Waals surface area contributed by atoms with Crippen LogP contribution in [0.3, 0.4) is 0 Å². The normalized spacial score (nSPS) is 18.9. The predicted octanol–water partition coefficient (Wildman–Crippen LogP) is 4.68. The van der Waals surface area contributed by atoms with Gasteiger partial charge in [-0.25, -0.2) is 18.7 Å². The number of aliphatic hydroxyl groups excluding tert-OH is 1. The van der Waals surface area contributed by atoms with Gasteiger partial charge >= 0.3 is 10.2 Å². The number of pyridine rings is 2. The Kier molecular flexibility index (Phi) is 13.2. The molecule has 64 heavy (non-hydrogen) atoms. The van der Waals surface area contributed by atoms with Gasteiger partial charge in [0.15, 0.2) is 11.9 Å². The quantitative estimate of drug-likeness (QED) is 0.0970. The van der Waals surface area contributed by atoms with Crippen molar-refractivity contribution in [3.8, 4) is 16.9 Å². The summed E-state index contributed by atoms with van der Waals surface area (Å²) in [6.45, 7) is 4.84. The van der Waals surface area contributed by atoms with Crippen molar-refractivity contribution in [1.82, 2.24) is 34.8 Å². The number of hydrogen-bond donors (Lipinski definition) is 5. The number of nitrogens with one attached hydrogen (secondary N) is 4. The van der Waals surface area contributed by atoms with Crippen molar-refractivity contribution in [3.63, 3.8) is 0 Å². The number of hydrogen-bond acceptors (Lipinski definition) is 11. The Labute approximate surface area is 369 Å². The number of benzene rings is 2. The molecule has 0 saturated carbocycles. The van der Waals surface area contributed by atoms with E-state index >= 15 is 8.78 Å². The van der Waals surface area contributed by atoms with Crippen molar-refractivity contribution in [2.24, 2.45) is 0 Å². The summed E-state index contributed by atoms with van der Waals surface area (Å²) >= 11 is 0. The van der Waals surface area contributed by atoms with E-state index in [-0.39, 0.29) is 36.5 Å². The highest BCUT2D eigenvalue weighted by atomic mass is 32.2. The molecular weight excluding hydrogens is 849 g/mol. The number of carbonyl (C=O) groups is 3. The van der Waals surface area contributed by atoms with Crippen LogP contribution in [0.25, 0.3) is 22.2 Å². The van der Waals surface area contributed by atoms with Crippen LogP contribution in [0.5, 0.6) is 5.75 Å². The van der Waals surface area contributed by atoms with Gasteiger partial charge in [-0.2, -0.15) is 12.7 Å². The zero-order valence-corrected chi connectivity index (χ0v) is 36.3. The van der Waals surface area contributed by atoms with E-state index in [1.807, 2.05) is 41.3 Å². The Morgan fingerprint density at radius 3 is 2.36 bits per heavy atom. The molecule has 3 fully saturated rings. The van der Waals surface area contributed by atoms with Crippen LogP contribution in [0.2, 0.25) is 0 Å². The lowest BCUT2D eigenvalue weighted by atomic mass is 9.89. The average Bonchev–Trinajstić information content (AvgIpc) is 3.74. The highest BCUT2D eigenvalue weighted by Crippen LogP contribution is 2.32. The first-order valence-electron chi connectivity index (χ1n) is 21.5. The number of aliphatic hydroxyl groups is 1. The average molecular weight is 900 g/mol. The number of halogens is 2. The number of ether oxygens (including phenoxy) is 1. The second kappa shape index (κ2) is 19.0. The van der Waals surface area contributed by atoms with Crippen LogP contribution < -0.4 is 25.0 Å².